The van der Waals surface area contributed by atoms with E-state index in [9.17, 15) is 0 Å². The number of aromatic nitrogens is 4. The maximum Gasteiger partial charge on any atom is 0.137 e. The van der Waals surface area contributed by atoms with Crippen LogP contribution in [0.2, 0.25) is 0 Å². The van der Waals surface area contributed by atoms with Gasteiger partial charge in [0.2, 0.25) is 0 Å². The summed E-state index contributed by atoms with van der Waals surface area (Å²) in [5.74, 6) is 0.910. The molecule has 34 heavy (non-hydrogen) atoms. The van der Waals surface area contributed by atoms with E-state index in [1.54, 1.807) is 12.5 Å². The van der Waals surface area contributed by atoms with Crippen LogP contribution in [0.5, 0.6) is 0 Å². The summed E-state index contributed by atoms with van der Waals surface area (Å²) >= 11 is 0. The quantitative estimate of drug-likeness (QED) is 0.291. The average molecular weight is 452 g/mol. The van der Waals surface area contributed by atoms with E-state index in [4.69, 9.17) is 4.98 Å². The van der Waals surface area contributed by atoms with Gasteiger partial charge >= 0.3 is 0 Å². The van der Waals surface area contributed by atoms with Crippen LogP contribution in [0.4, 0.5) is 5.82 Å². The van der Waals surface area contributed by atoms with E-state index in [1.165, 1.54) is 0 Å². The molecule has 0 aliphatic carbocycles. The van der Waals surface area contributed by atoms with Gasteiger partial charge in [-0.3, -0.25) is 9.97 Å². The number of fused-ring (bicyclic) bond motifs is 1. The van der Waals surface area contributed by atoms with Crippen molar-refractivity contribution in [2.45, 2.75) is 59.4 Å². The van der Waals surface area contributed by atoms with E-state index in [1.807, 2.05) is 18.5 Å². The molecule has 5 nitrogen and oxygen atoms in total. The van der Waals surface area contributed by atoms with Crippen molar-refractivity contribution in [3.05, 3.63) is 84.2 Å². The Morgan fingerprint density at radius 3 is 2.50 bits per heavy atom. The highest BCUT2D eigenvalue weighted by Gasteiger charge is 2.14. The largest absolute Gasteiger partial charge is 0.367 e. The number of aryl methyl sites for hydroxylation is 1. The number of anilines is 1. The molecule has 4 aromatic rings. The Bertz CT molecular complexity index is 1270. The number of rotatable bonds is 9. The molecule has 0 saturated heterocycles. The lowest BCUT2D eigenvalue weighted by atomic mass is 9.93. The molecule has 1 aromatic carbocycles. The summed E-state index contributed by atoms with van der Waals surface area (Å²) in [6, 6.07) is 13.1. The topological polar surface area (TPSA) is 63.6 Å². The summed E-state index contributed by atoms with van der Waals surface area (Å²) in [5.41, 5.74) is 7.44. The van der Waals surface area contributed by atoms with Gasteiger partial charge in [-0.2, -0.15) is 0 Å². The molecule has 0 atom stereocenters. The number of nitrogens with one attached hydrogen (secondary N) is 1. The number of hydrogen-bond donors (Lipinski definition) is 1. The van der Waals surface area contributed by atoms with E-state index in [0.717, 1.165) is 75.9 Å². The monoisotopic (exact) mass is 451 g/mol. The standard InChI is InChI=1S/C29H33N5/c1-5-9-24(10-6-2)34-29-27-15-21(12-13-28(27)32-19-33-29)25(7-3)26-16-23(18-31-20(26)4)22-11-8-14-30-17-22/h7-8,11-19,24H,5-6,9-10H2,1-4H3,(H,32,33,34)/b25-7-. The third kappa shape index (κ3) is 5.14. The molecule has 0 amide bonds. The Morgan fingerprint density at radius 2 is 1.79 bits per heavy atom. The number of nitrogens with zero attached hydrogens (tertiary/aromatic N) is 4. The molecule has 174 valence electrons. The van der Waals surface area contributed by atoms with Crippen LogP contribution in [0.3, 0.4) is 0 Å². The Morgan fingerprint density at radius 1 is 0.971 bits per heavy atom. The first-order valence-corrected chi connectivity index (χ1v) is 12.2. The first-order valence-electron chi connectivity index (χ1n) is 12.2. The molecule has 0 bridgehead atoms. The van der Waals surface area contributed by atoms with E-state index in [0.29, 0.717) is 6.04 Å². The number of pyridine rings is 2. The van der Waals surface area contributed by atoms with Gasteiger partial charge in [-0.15, -0.1) is 0 Å². The van der Waals surface area contributed by atoms with Crippen molar-refractivity contribution in [1.82, 2.24) is 19.9 Å². The summed E-state index contributed by atoms with van der Waals surface area (Å²) in [7, 11) is 0. The van der Waals surface area contributed by atoms with Crippen molar-refractivity contribution in [3.63, 3.8) is 0 Å². The van der Waals surface area contributed by atoms with Crippen LogP contribution in [0, 0.1) is 6.92 Å². The van der Waals surface area contributed by atoms with Crippen molar-refractivity contribution in [2.75, 3.05) is 5.32 Å². The van der Waals surface area contributed by atoms with E-state index in [-0.39, 0.29) is 0 Å². The summed E-state index contributed by atoms with van der Waals surface area (Å²) in [6.07, 6.45) is 13.9. The summed E-state index contributed by atoms with van der Waals surface area (Å²) < 4.78 is 0. The molecule has 0 aliphatic rings. The van der Waals surface area contributed by atoms with E-state index in [2.05, 4.69) is 84.4 Å². The second kappa shape index (κ2) is 11.0. The summed E-state index contributed by atoms with van der Waals surface area (Å²) in [4.78, 5) is 18.1. The predicted octanol–water partition coefficient (Wildman–Crippen LogP) is 7.23. The van der Waals surface area contributed by atoms with Gasteiger partial charge in [0.1, 0.15) is 12.1 Å². The van der Waals surface area contributed by atoms with Crippen molar-refractivity contribution < 1.29 is 0 Å². The van der Waals surface area contributed by atoms with Gasteiger partial charge in [0.15, 0.2) is 0 Å². The molecular weight excluding hydrogens is 418 g/mol. The third-order valence-corrected chi connectivity index (χ3v) is 6.22. The van der Waals surface area contributed by atoms with Crippen LogP contribution in [0.25, 0.3) is 27.6 Å². The van der Waals surface area contributed by atoms with Crippen LogP contribution in [0.15, 0.2) is 67.4 Å². The highest BCUT2D eigenvalue weighted by atomic mass is 15.0. The molecular formula is C29H33N5. The van der Waals surface area contributed by atoms with Gasteiger partial charge in [0.25, 0.3) is 0 Å². The van der Waals surface area contributed by atoms with Crippen LogP contribution in [-0.2, 0) is 0 Å². The summed E-state index contributed by atoms with van der Waals surface area (Å²) in [6.45, 7) is 8.60. The fourth-order valence-corrected chi connectivity index (χ4v) is 4.49. The van der Waals surface area contributed by atoms with Crippen LogP contribution >= 0.6 is 0 Å². The van der Waals surface area contributed by atoms with E-state index >= 15 is 0 Å². The second-order valence-electron chi connectivity index (χ2n) is 8.67. The fourth-order valence-electron chi connectivity index (χ4n) is 4.49. The smallest absolute Gasteiger partial charge is 0.137 e. The first kappa shape index (κ1) is 23.6. The van der Waals surface area contributed by atoms with Crippen LogP contribution in [-0.4, -0.2) is 26.0 Å². The molecule has 4 rings (SSSR count). The molecule has 3 heterocycles. The van der Waals surface area contributed by atoms with Gasteiger partial charge in [-0.25, -0.2) is 9.97 Å². The molecule has 1 N–H and O–H groups in total. The molecule has 5 heteroatoms. The normalized spacial score (nSPS) is 11.9. The minimum Gasteiger partial charge on any atom is -0.367 e. The maximum absolute atomic E-state index is 4.70. The minimum atomic E-state index is 0.417. The first-order chi connectivity index (χ1) is 16.6. The van der Waals surface area contributed by atoms with Crippen molar-refractivity contribution in [3.8, 4) is 11.1 Å². The molecule has 0 spiro atoms. The third-order valence-electron chi connectivity index (χ3n) is 6.22. The van der Waals surface area contributed by atoms with Gasteiger partial charge in [-0.1, -0.05) is 44.9 Å². The van der Waals surface area contributed by atoms with Crippen molar-refractivity contribution in [2.24, 2.45) is 0 Å². The molecule has 0 unspecified atom stereocenters. The number of benzene rings is 1. The zero-order valence-electron chi connectivity index (χ0n) is 20.5. The Balaban J connectivity index is 1.76. The molecule has 0 radical (unpaired) electrons. The maximum atomic E-state index is 4.70. The highest BCUT2D eigenvalue weighted by molar-refractivity contribution is 5.94. The average Bonchev–Trinajstić information content (AvgIpc) is 2.87. The fraction of sp³-hybridized carbons (Fsp3) is 0.310. The summed E-state index contributed by atoms with van der Waals surface area (Å²) in [5, 5.41) is 4.75. The molecule has 0 fully saturated rings. The van der Waals surface area contributed by atoms with Crippen molar-refractivity contribution in [1.29, 1.82) is 0 Å². The van der Waals surface area contributed by atoms with Crippen molar-refractivity contribution >= 4 is 22.3 Å². The van der Waals surface area contributed by atoms with Crippen LogP contribution < -0.4 is 5.32 Å². The van der Waals surface area contributed by atoms with Crippen LogP contribution in [0.1, 0.15) is 63.3 Å². The zero-order valence-corrected chi connectivity index (χ0v) is 20.5. The zero-order chi connectivity index (χ0) is 23.9. The lowest BCUT2D eigenvalue weighted by Gasteiger charge is -2.19. The lowest BCUT2D eigenvalue weighted by Crippen LogP contribution is -2.20. The minimum absolute atomic E-state index is 0.417. The van der Waals surface area contributed by atoms with Gasteiger partial charge < -0.3 is 5.32 Å². The van der Waals surface area contributed by atoms with Gasteiger partial charge in [-0.05, 0) is 62.1 Å². The SMILES string of the molecule is C/C=C(/c1ccc2ncnc(NC(CCC)CCC)c2c1)c1cc(-c2cccnc2)cnc1C. The Hall–Kier alpha value is -3.60. The number of allylic oxidation sites excluding steroid dienone is 1. The van der Waals surface area contributed by atoms with Gasteiger partial charge in [0, 0.05) is 52.4 Å². The Labute approximate surface area is 202 Å². The highest BCUT2D eigenvalue weighted by Crippen LogP contribution is 2.32. The van der Waals surface area contributed by atoms with E-state index < -0.39 is 0 Å². The lowest BCUT2D eigenvalue weighted by molar-refractivity contribution is 0.585. The predicted molar refractivity (Wildman–Crippen MR) is 142 cm³/mol. The molecule has 3 aromatic heterocycles. The molecule has 0 aliphatic heterocycles. The number of hydrogen-bond acceptors (Lipinski definition) is 5. The Kier molecular flexibility index (Phi) is 7.63. The second-order valence-corrected chi connectivity index (χ2v) is 8.67. The van der Waals surface area contributed by atoms with Gasteiger partial charge in [0.05, 0.1) is 5.52 Å². The molecule has 0 saturated carbocycles.